The van der Waals surface area contributed by atoms with Gasteiger partial charge in [0.2, 0.25) is 0 Å². The predicted molar refractivity (Wildman–Crippen MR) is 296 cm³/mol. The fraction of sp³-hybridized carbons (Fsp3) is 0.0149. The van der Waals surface area contributed by atoms with E-state index in [9.17, 15) is 0 Å². The standard InChI is InChI=1S/C67H50N2/c1-3-4-11-24-47(2)58-45-54(39-43-60(58)68-56-41-37-49(38-42-56)48-25-12-5-13-26-48)55-40-44-61-59(46-55)66-64(52-31-18-8-19-32-52)62(50-27-14-6-15-28-50)63(51-29-16-7-17-30-51)65(53-33-20-9-21-34-53)67(66)69(61)57-35-22-10-23-36-57/h3-46,68H,2H2,1H3/b4-3-,24-11-. The summed E-state index contributed by atoms with van der Waals surface area (Å²) < 4.78 is 2.50. The van der Waals surface area contributed by atoms with E-state index in [1.807, 2.05) is 19.1 Å². The SMILES string of the molecule is C=C(/C=C\C=C/C)c1cc(-c2ccc3c(c2)c2c(-c4ccccc4)c(-c4ccccc4)c(-c4ccccc4)c(-c4ccccc4)c2n3-c2ccccc2)ccc1Nc1ccc(-c2ccccc2)cc1. The lowest BCUT2D eigenvalue weighted by molar-refractivity contribution is 1.18. The molecule has 0 aliphatic heterocycles. The van der Waals surface area contributed by atoms with Crippen LogP contribution in [-0.2, 0) is 0 Å². The summed E-state index contributed by atoms with van der Waals surface area (Å²) >= 11 is 0. The molecule has 2 nitrogen and oxygen atoms in total. The highest BCUT2D eigenvalue weighted by Crippen LogP contribution is 2.54. The van der Waals surface area contributed by atoms with Gasteiger partial charge in [0.1, 0.15) is 0 Å². The number of fused-ring (bicyclic) bond motifs is 3. The average Bonchev–Trinajstić information content (AvgIpc) is 3.76. The number of rotatable bonds is 12. The molecular formula is C67H50N2. The lowest BCUT2D eigenvalue weighted by Gasteiger charge is -2.24. The van der Waals surface area contributed by atoms with Gasteiger partial charge in [-0.1, -0.05) is 225 Å². The van der Waals surface area contributed by atoms with E-state index in [0.29, 0.717) is 0 Å². The maximum absolute atomic E-state index is 4.61. The fourth-order valence-electron chi connectivity index (χ4n) is 9.87. The van der Waals surface area contributed by atoms with Crippen molar-refractivity contribution in [2.75, 3.05) is 5.32 Å². The van der Waals surface area contributed by atoms with Gasteiger partial charge in [-0.25, -0.2) is 0 Å². The highest BCUT2D eigenvalue weighted by Gasteiger charge is 2.29. The third kappa shape index (κ3) is 8.30. The number of allylic oxidation sites excluding steroid dienone is 5. The first-order chi connectivity index (χ1) is 34.1. The van der Waals surface area contributed by atoms with Gasteiger partial charge in [0.15, 0.2) is 0 Å². The number of nitrogens with zero attached hydrogens (tertiary/aromatic N) is 1. The number of hydrogen-bond donors (Lipinski definition) is 1. The molecule has 0 aliphatic carbocycles. The van der Waals surface area contributed by atoms with Gasteiger partial charge in [0, 0.05) is 50.1 Å². The quantitative estimate of drug-likeness (QED) is 0.121. The molecule has 0 radical (unpaired) electrons. The van der Waals surface area contributed by atoms with Crippen molar-refractivity contribution in [1.82, 2.24) is 4.57 Å². The number of anilines is 2. The van der Waals surface area contributed by atoms with Crippen molar-refractivity contribution in [2.45, 2.75) is 6.92 Å². The zero-order valence-corrected chi connectivity index (χ0v) is 38.6. The van der Waals surface area contributed by atoms with E-state index in [1.165, 1.54) is 44.2 Å². The maximum Gasteiger partial charge on any atom is 0.0632 e. The summed E-state index contributed by atoms with van der Waals surface area (Å²) in [5.74, 6) is 0. The summed E-state index contributed by atoms with van der Waals surface area (Å²) in [4.78, 5) is 0. The summed E-state index contributed by atoms with van der Waals surface area (Å²) in [5.41, 5.74) is 21.4. The van der Waals surface area contributed by atoms with Crippen molar-refractivity contribution >= 4 is 38.8 Å². The first-order valence-corrected chi connectivity index (χ1v) is 23.7. The summed E-state index contributed by atoms with van der Waals surface area (Å²) in [7, 11) is 0. The van der Waals surface area contributed by atoms with Crippen molar-refractivity contribution in [2.24, 2.45) is 0 Å². The Morgan fingerprint density at radius 3 is 1.43 bits per heavy atom. The lowest BCUT2D eigenvalue weighted by Crippen LogP contribution is -2.00. The molecule has 0 bridgehead atoms. The van der Waals surface area contributed by atoms with Gasteiger partial charge < -0.3 is 9.88 Å². The molecule has 0 aliphatic rings. The number of para-hydroxylation sites is 1. The molecule has 69 heavy (non-hydrogen) atoms. The maximum atomic E-state index is 4.61. The molecule has 11 aromatic rings. The summed E-state index contributed by atoms with van der Waals surface area (Å²) in [6.45, 7) is 6.64. The minimum atomic E-state index is 0.917. The van der Waals surface area contributed by atoms with Gasteiger partial charge in [-0.2, -0.15) is 0 Å². The Labute approximate surface area is 405 Å². The van der Waals surface area contributed by atoms with Gasteiger partial charge in [0.25, 0.3) is 0 Å². The fourth-order valence-corrected chi connectivity index (χ4v) is 9.87. The molecule has 10 aromatic carbocycles. The van der Waals surface area contributed by atoms with E-state index < -0.39 is 0 Å². The first-order valence-electron chi connectivity index (χ1n) is 23.7. The van der Waals surface area contributed by atoms with E-state index >= 15 is 0 Å². The monoisotopic (exact) mass is 882 g/mol. The Kier molecular flexibility index (Phi) is 11.8. The number of hydrogen-bond acceptors (Lipinski definition) is 1. The molecule has 1 aromatic heterocycles. The van der Waals surface area contributed by atoms with Crippen LogP contribution in [0.3, 0.4) is 0 Å². The molecule has 0 amide bonds. The van der Waals surface area contributed by atoms with Crippen LogP contribution in [-0.4, -0.2) is 4.57 Å². The van der Waals surface area contributed by atoms with Crippen molar-refractivity contribution in [1.29, 1.82) is 0 Å². The molecule has 0 spiro atoms. The molecule has 11 rings (SSSR count). The zero-order valence-electron chi connectivity index (χ0n) is 38.6. The molecule has 1 N–H and O–H groups in total. The van der Waals surface area contributed by atoms with Crippen LogP contribution in [0, 0.1) is 0 Å². The second kappa shape index (κ2) is 19.1. The topological polar surface area (TPSA) is 17.0 Å². The van der Waals surface area contributed by atoms with Crippen molar-refractivity contribution in [3.63, 3.8) is 0 Å². The van der Waals surface area contributed by atoms with Gasteiger partial charge in [0.05, 0.1) is 11.0 Å². The van der Waals surface area contributed by atoms with E-state index in [2.05, 4.69) is 271 Å². The van der Waals surface area contributed by atoms with Crippen LogP contribution >= 0.6 is 0 Å². The Balaban J connectivity index is 1.21. The number of benzene rings is 10. The highest BCUT2D eigenvalue weighted by molar-refractivity contribution is 6.27. The second-order valence-electron chi connectivity index (χ2n) is 17.3. The van der Waals surface area contributed by atoms with Crippen LogP contribution in [0.4, 0.5) is 11.4 Å². The van der Waals surface area contributed by atoms with Crippen molar-refractivity contribution in [3.05, 3.63) is 279 Å². The first kappa shape index (κ1) is 42.6. The van der Waals surface area contributed by atoms with Gasteiger partial charge in [-0.15, -0.1) is 0 Å². The Bertz CT molecular complexity index is 3640. The molecular weight excluding hydrogens is 833 g/mol. The van der Waals surface area contributed by atoms with Crippen LogP contribution in [0.5, 0.6) is 0 Å². The van der Waals surface area contributed by atoms with Crippen molar-refractivity contribution < 1.29 is 0 Å². The number of nitrogens with one attached hydrogen (secondary N) is 1. The Hall–Kier alpha value is -8.98. The Morgan fingerprint density at radius 1 is 0.420 bits per heavy atom. The van der Waals surface area contributed by atoms with Gasteiger partial charge >= 0.3 is 0 Å². The van der Waals surface area contributed by atoms with Crippen LogP contribution in [0.2, 0.25) is 0 Å². The molecule has 0 saturated heterocycles. The van der Waals surface area contributed by atoms with Crippen LogP contribution < -0.4 is 5.32 Å². The molecule has 0 fully saturated rings. The molecule has 0 saturated carbocycles. The van der Waals surface area contributed by atoms with E-state index in [-0.39, 0.29) is 0 Å². The summed E-state index contributed by atoms with van der Waals surface area (Å²) in [6, 6.07) is 87.6. The Morgan fingerprint density at radius 2 is 0.870 bits per heavy atom. The smallest absolute Gasteiger partial charge is 0.0632 e. The molecule has 328 valence electrons. The van der Waals surface area contributed by atoms with Crippen molar-refractivity contribution in [3.8, 4) is 72.4 Å². The average molecular weight is 883 g/mol. The molecule has 0 atom stereocenters. The largest absolute Gasteiger partial charge is 0.355 e. The van der Waals surface area contributed by atoms with E-state index in [0.717, 1.165) is 72.6 Å². The summed E-state index contributed by atoms with van der Waals surface area (Å²) in [5, 5.41) is 6.13. The lowest BCUT2D eigenvalue weighted by atomic mass is 9.80. The predicted octanol–water partition coefficient (Wildman–Crippen LogP) is 18.7. The van der Waals surface area contributed by atoms with Gasteiger partial charge in [-0.3, -0.25) is 0 Å². The minimum Gasteiger partial charge on any atom is -0.355 e. The molecule has 2 heteroatoms. The van der Waals surface area contributed by atoms with E-state index in [1.54, 1.807) is 0 Å². The summed E-state index contributed by atoms with van der Waals surface area (Å²) in [6.07, 6.45) is 8.23. The van der Waals surface area contributed by atoms with Crippen LogP contribution in [0.1, 0.15) is 12.5 Å². The minimum absolute atomic E-state index is 0.917. The molecule has 1 heterocycles. The normalized spacial score (nSPS) is 11.5. The van der Waals surface area contributed by atoms with Crippen LogP contribution in [0.25, 0.3) is 99.8 Å². The zero-order chi connectivity index (χ0) is 46.5. The third-order valence-electron chi connectivity index (χ3n) is 13.0. The van der Waals surface area contributed by atoms with Crippen LogP contribution in [0.15, 0.2) is 274 Å². The molecule has 0 unspecified atom stereocenters. The number of aromatic nitrogens is 1. The third-order valence-corrected chi connectivity index (χ3v) is 13.0. The second-order valence-corrected chi connectivity index (χ2v) is 17.3. The van der Waals surface area contributed by atoms with E-state index in [4.69, 9.17) is 0 Å². The van der Waals surface area contributed by atoms with Gasteiger partial charge in [-0.05, 0) is 111 Å². The highest BCUT2D eigenvalue weighted by atomic mass is 15.0.